The number of nitrogens with one attached hydrogen (secondary N) is 1. The van der Waals surface area contributed by atoms with Gasteiger partial charge < -0.3 is 9.84 Å². The molecule has 5 nitrogen and oxygen atoms in total. The number of aromatic hydroxyl groups is 1. The zero-order valence-electron chi connectivity index (χ0n) is 14.8. The van der Waals surface area contributed by atoms with Crippen molar-refractivity contribution in [2.45, 2.75) is 0 Å². The van der Waals surface area contributed by atoms with Crippen LogP contribution >= 0.6 is 22.9 Å². The number of nitrogens with zero attached hydrogens (tertiary/aromatic N) is 1. The first kappa shape index (κ1) is 18.3. The Morgan fingerprint density at radius 2 is 2.00 bits per heavy atom. The molecule has 0 bridgehead atoms. The van der Waals surface area contributed by atoms with Gasteiger partial charge >= 0.3 is 0 Å². The average molecular weight is 411 g/mol. The Morgan fingerprint density at radius 1 is 1.18 bits per heavy atom. The Balaban J connectivity index is 1.61. The van der Waals surface area contributed by atoms with Crippen molar-refractivity contribution in [2.24, 2.45) is 5.10 Å². The molecule has 7 heteroatoms. The molecule has 0 aliphatic heterocycles. The summed E-state index contributed by atoms with van der Waals surface area (Å²) in [6, 6.07) is 16.5. The van der Waals surface area contributed by atoms with Gasteiger partial charge in [0.05, 0.1) is 18.3 Å². The average Bonchev–Trinajstić information content (AvgIpc) is 3.05. The molecule has 4 aromatic rings. The van der Waals surface area contributed by atoms with E-state index in [2.05, 4.69) is 10.5 Å². The lowest BCUT2D eigenvalue weighted by molar-refractivity contribution is 0.0959. The topological polar surface area (TPSA) is 70.9 Å². The first-order valence-electron chi connectivity index (χ1n) is 8.38. The molecule has 0 spiro atoms. The Morgan fingerprint density at radius 3 is 2.82 bits per heavy atom. The molecule has 1 heterocycles. The first-order chi connectivity index (χ1) is 13.6. The fourth-order valence-corrected chi connectivity index (χ4v) is 4.38. The number of ether oxygens (including phenoxy) is 1. The van der Waals surface area contributed by atoms with Crippen LogP contribution in [0.4, 0.5) is 0 Å². The normalized spacial score (nSPS) is 11.4. The Labute approximate surface area is 169 Å². The van der Waals surface area contributed by atoms with Gasteiger partial charge in [0.15, 0.2) is 0 Å². The molecule has 0 radical (unpaired) electrons. The summed E-state index contributed by atoms with van der Waals surface area (Å²) in [5.74, 6) is 0.367. The monoisotopic (exact) mass is 410 g/mol. The standard InChI is InChI=1S/C21H15ClN2O3S/c1-27-13-7-8-15-18(10-13)28-20(19(15)22)21(26)24-23-11-16-14-5-3-2-4-12(14)6-9-17(16)25/h2-11,25H,1H3,(H,24,26)/b23-11+. The lowest BCUT2D eigenvalue weighted by Gasteiger charge is -2.04. The van der Waals surface area contributed by atoms with Crippen molar-refractivity contribution in [3.63, 3.8) is 0 Å². The van der Waals surface area contributed by atoms with Crippen LogP contribution in [0.3, 0.4) is 0 Å². The van der Waals surface area contributed by atoms with Crippen LogP contribution in [0.2, 0.25) is 5.02 Å². The van der Waals surface area contributed by atoms with E-state index in [1.54, 1.807) is 19.2 Å². The summed E-state index contributed by atoms with van der Waals surface area (Å²) in [5, 5.41) is 17.1. The molecule has 0 fully saturated rings. The molecule has 0 atom stereocenters. The Bertz CT molecular complexity index is 1230. The van der Waals surface area contributed by atoms with E-state index in [4.69, 9.17) is 16.3 Å². The number of phenolic OH excluding ortho intramolecular Hbond substituents is 1. The van der Waals surface area contributed by atoms with Crippen molar-refractivity contribution >= 4 is 55.9 Å². The maximum Gasteiger partial charge on any atom is 0.283 e. The van der Waals surface area contributed by atoms with E-state index in [1.807, 2.05) is 42.5 Å². The Hall–Kier alpha value is -3.09. The van der Waals surface area contributed by atoms with E-state index in [0.717, 1.165) is 20.9 Å². The smallest absolute Gasteiger partial charge is 0.283 e. The van der Waals surface area contributed by atoms with Crippen molar-refractivity contribution in [3.8, 4) is 11.5 Å². The van der Waals surface area contributed by atoms with Gasteiger partial charge in [-0.15, -0.1) is 11.3 Å². The fraction of sp³-hybridized carbons (Fsp3) is 0.0476. The number of amides is 1. The zero-order valence-corrected chi connectivity index (χ0v) is 16.3. The van der Waals surface area contributed by atoms with Crippen LogP contribution in [0.5, 0.6) is 11.5 Å². The van der Waals surface area contributed by atoms with Crippen LogP contribution in [0.15, 0.2) is 59.7 Å². The predicted molar refractivity (Wildman–Crippen MR) is 114 cm³/mol. The van der Waals surface area contributed by atoms with Gasteiger partial charge in [-0.25, -0.2) is 5.43 Å². The SMILES string of the molecule is COc1ccc2c(Cl)c(C(=O)N/N=C/c3c(O)ccc4ccccc34)sc2c1. The van der Waals surface area contributed by atoms with Crippen molar-refractivity contribution in [1.29, 1.82) is 0 Å². The van der Waals surface area contributed by atoms with Crippen LogP contribution in [0, 0.1) is 0 Å². The van der Waals surface area contributed by atoms with Gasteiger partial charge in [-0.2, -0.15) is 5.10 Å². The molecular weight excluding hydrogens is 396 g/mol. The third kappa shape index (κ3) is 3.28. The van der Waals surface area contributed by atoms with Crippen molar-refractivity contribution < 1.29 is 14.6 Å². The molecule has 0 aliphatic carbocycles. The summed E-state index contributed by atoms with van der Waals surface area (Å²) in [4.78, 5) is 12.9. The van der Waals surface area contributed by atoms with Crippen molar-refractivity contribution in [3.05, 3.63) is 70.1 Å². The summed E-state index contributed by atoms with van der Waals surface area (Å²) >= 11 is 7.63. The van der Waals surface area contributed by atoms with E-state index >= 15 is 0 Å². The third-order valence-corrected chi connectivity index (χ3v) is 6.01. The number of carbonyl (C=O) groups excluding carboxylic acids is 1. The molecule has 3 aromatic carbocycles. The van der Waals surface area contributed by atoms with Gasteiger partial charge in [-0.1, -0.05) is 41.9 Å². The highest BCUT2D eigenvalue weighted by molar-refractivity contribution is 7.21. The third-order valence-electron chi connectivity index (χ3n) is 4.35. The number of hydrogen-bond donors (Lipinski definition) is 2. The number of carbonyl (C=O) groups is 1. The molecule has 1 aromatic heterocycles. The number of fused-ring (bicyclic) bond motifs is 2. The van der Waals surface area contributed by atoms with Gasteiger partial charge in [-0.3, -0.25) is 4.79 Å². The highest BCUT2D eigenvalue weighted by Gasteiger charge is 2.17. The molecule has 0 saturated heterocycles. The molecular formula is C21H15ClN2O3S. The lowest BCUT2D eigenvalue weighted by atomic mass is 10.0. The minimum absolute atomic E-state index is 0.0867. The van der Waals surface area contributed by atoms with E-state index in [0.29, 0.717) is 21.2 Å². The summed E-state index contributed by atoms with van der Waals surface area (Å²) in [6.07, 6.45) is 1.43. The maximum absolute atomic E-state index is 12.5. The minimum Gasteiger partial charge on any atom is -0.507 e. The minimum atomic E-state index is -0.416. The second kappa shape index (κ2) is 7.50. The van der Waals surface area contributed by atoms with E-state index < -0.39 is 5.91 Å². The molecule has 2 N–H and O–H groups in total. The number of benzene rings is 3. The Kier molecular flexibility index (Phi) is 4.90. The van der Waals surface area contributed by atoms with Crippen molar-refractivity contribution in [1.82, 2.24) is 5.43 Å². The summed E-state index contributed by atoms with van der Waals surface area (Å²) in [5.41, 5.74) is 3.02. The quantitative estimate of drug-likeness (QED) is 0.359. The fourth-order valence-electron chi connectivity index (χ4n) is 2.94. The highest BCUT2D eigenvalue weighted by atomic mass is 35.5. The van der Waals surface area contributed by atoms with Crippen molar-refractivity contribution in [2.75, 3.05) is 7.11 Å². The molecule has 28 heavy (non-hydrogen) atoms. The van der Waals surface area contributed by atoms with Crippen LogP contribution < -0.4 is 10.2 Å². The number of methoxy groups -OCH3 is 1. The number of hydrogen-bond acceptors (Lipinski definition) is 5. The molecule has 1 amide bonds. The number of thiophene rings is 1. The van der Waals surface area contributed by atoms with Crippen LogP contribution in [0.25, 0.3) is 20.9 Å². The highest BCUT2D eigenvalue weighted by Crippen LogP contribution is 2.37. The number of halogens is 1. The van der Waals surface area contributed by atoms with Gasteiger partial charge in [0.25, 0.3) is 5.91 Å². The van der Waals surface area contributed by atoms with Crippen LogP contribution in [0.1, 0.15) is 15.2 Å². The largest absolute Gasteiger partial charge is 0.507 e. The molecule has 0 aliphatic rings. The number of rotatable bonds is 4. The van der Waals surface area contributed by atoms with E-state index in [9.17, 15) is 9.90 Å². The van der Waals surface area contributed by atoms with Gasteiger partial charge in [0.2, 0.25) is 0 Å². The van der Waals surface area contributed by atoms with Crippen LogP contribution in [-0.2, 0) is 0 Å². The summed E-state index contributed by atoms with van der Waals surface area (Å²) in [7, 11) is 1.58. The lowest BCUT2D eigenvalue weighted by Crippen LogP contribution is -2.16. The first-order valence-corrected chi connectivity index (χ1v) is 9.58. The number of phenols is 1. The van der Waals surface area contributed by atoms with Gasteiger partial charge in [0, 0.05) is 15.6 Å². The molecule has 4 rings (SSSR count). The molecule has 140 valence electrons. The van der Waals surface area contributed by atoms with Gasteiger partial charge in [0.1, 0.15) is 16.4 Å². The second-order valence-corrected chi connectivity index (χ2v) is 7.46. The molecule has 0 unspecified atom stereocenters. The summed E-state index contributed by atoms with van der Waals surface area (Å²) < 4.78 is 6.06. The van der Waals surface area contributed by atoms with E-state index in [-0.39, 0.29) is 5.75 Å². The maximum atomic E-state index is 12.5. The number of hydrazone groups is 1. The zero-order chi connectivity index (χ0) is 19.7. The van der Waals surface area contributed by atoms with Gasteiger partial charge in [-0.05, 0) is 35.0 Å². The molecule has 0 saturated carbocycles. The predicted octanol–water partition coefficient (Wildman–Crippen LogP) is 5.19. The summed E-state index contributed by atoms with van der Waals surface area (Å²) in [6.45, 7) is 0. The second-order valence-electron chi connectivity index (χ2n) is 6.03. The van der Waals surface area contributed by atoms with E-state index in [1.165, 1.54) is 17.6 Å². The van der Waals surface area contributed by atoms with Crippen LogP contribution in [-0.4, -0.2) is 24.3 Å².